The fourth-order valence-electron chi connectivity index (χ4n) is 2.67. The van der Waals surface area contributed by atoms with E-state index in [2.05, 4.69) is 15.3 Å². The van der Waals surface area contributed by atoms with Crippen molar-refractivity contribution in [2.24, 2.45) is 5.92 Å². The van der Waals surface area contributed by atoms with Gasteiger partial charge in [0.05, 0.1) is 11.6 Å². The van der Waals surface area contributed by atoms with E-state index >= 15 is 0 Å². The monoisotopic (exact) mass is 336 g/mol. The molecule has 2 aromatic rings. The summed E-state index contributed by atoms with van der Waals surface area (Å²) in [6, 6.07) is 7.69. The Morgan fingerprint density at radius 1 is 1.32 bits per heavy atom. The minimum atomic E-state index is -0.668. The van der Waals surface area contributed by atoms with Crippen LogP contribution in [-0.2, 0) is 11.3 Å². The molecular formula is C16H17ClN2O2S. The smallest absolute Gasteiger partial charge is 0.306 e. The summed E-state index contributed by atoms with van der Waals surface area (Å²) in [6.07, 6.45) is 1.45. The van der Waals surface area contributed by atoms with E-state index in [1.54, 1.807) is 11.3 Å². The number of hydrogen-bond acceptors (Lipinski definition) is 4. The van der Waals surface area contributed by atoms with Crippen LogP contribution in [0.2, 0.25) is 5.02 Å². The molecule has 0 spiro atoms. The van der Waals surface area contributed by atoms with E-state index in [-0.39, 0.29) is 5.92 Å². The fourth-order valence-corrected chi connectivity index (χ4v) is 3.61. The summed E-state index contributed by atoms with van der Waals surface area (Å²) in [5.41, 5.74) is 2.12. The van der Waals surface area contributed by atoms with E-state index in [9.17, 15) is 4.79 Å². The molecule has 3 rings (SSSR count). The average Bonchev–Trinajstić information content (AvgIpc) is 2.97. The highest BCUT2D eigenvalue weighted by molar-refractivity contribution is 7.13. The van der Waals surface area contributed by atoms with E-state index in [0.717, 1.165) is 53.8 Å². The van der Waals surface area contributed by atoms with Crippen LogP contribution < -0.4 is 0 Å². The van der Waals surface area contributed by atoms with Gasteiger partial charge in [0.25, 0.3) is 0 Å². The number of aliphatic carboxylic acids is 1. The summed E-state index contributed by atoms with van der Waals surface area (Å²) < 4.78 is 0. The van der Waals surface area contributed by atoms with Crippen molar-refractivity contribution in [1.29, 1.82) is 0 Å². The average molecular weight is 337 g/mol. The first-order chi connectivity index (χ1) is 10.6. The van der Waals surface area contributed by atoms with Crippen LogP contribution in [-0.4, -0.2) is 34.0 Å². The van der Waals surface area contributed by atoms with E-state index < -0.39 is 5.97 Å². The zero-order chi connectivity index (χ0) is 15.5. The van der Waals surface area contributed by atoms with Crippen molar-refractivity contribution in [2.75, 3.05) is 13.1 Å². The number of hydrogen-bond donors (Lipinski definition) is 1. The van der Waals surface area contributed by atoms with Crippen LogP contribution in [0.4, 0.5) is 0 Å². The Morgan fingerprint density at radius 2 is 2.00 bits per heavy atom. The van der Waals surface area contributed by atoms with Crippen LogP contribution in [0.3, 0.4) is 0 Å². The second kappa shape index (κ2) is 6.77. The zero-order valence-corrected chi connectivity index (χ0v) is 13.6. The Balaban J connectivity index is 1.60. The fraction of sp³-hybridized carbons (Fsp3) is 0.375. The van der Waals surface area contributed by atoms with Gasteiger partial charge in [0, 0.05) is 22.5 Å². The van der Waals surface area contributed by atoms with Gasteiger partial charge in [-0.05, 0) is 38.1 Å². The number of thiazole rings is 1. The van der Waals surface area contributed by atoms with Crippen molar-refractivity contribution in [3.63, 3.8) is 0 Å². The largest absolute Gasteiger partial charge is 0.481 e. The number of carboxylic acids is 1. The summed E-state index contributed by atoms with van der Waals surface area (Å²) >= 11 is 7.53. The Bertz CT molecular complexity index is 648. The Morgan fingerprint density at radius 3 is 2.64 bits per heavy atom. The van der Waals surface area contributed by atoms with Gasteiger partial charge >= 0.3 is 5.97 Å². The highest BCUT2D eigenvalue weighted by Gasteiger charge is 2.24. The molecule has 1 aliphatic heterocycles. The summed E-state index contributed by atoms with van der Waals surface area (Å²) in [5, 5.41) is 12.8. The first-order valence-electron chi connectivity index (χ1n) is 7.27. The maximum atomic E-state index is 11.0. The molecule has 1 N–H and O–H groups in total. The molecule has 4 nitrogen and oxygen atoms in total. The normalized spacial score (nSPS) is 16.8. The van der Waals surface area contributed by atoms with Gasteiger partial charge in [0.2, 0.25) is 0 Å². The molecule has 6 heteroatoms. The molecule has 1 aromatic heterocycles. The number of benzene rings is 1. The summed E-state index contributed by atoms with van der Waals surface area (Å²) in [7, 11) is 0. The van der Waals surface area contributed by atoms with Crippen LogP contribution >= 0.6 is 22.9 Å². The van der Waals surface area contributed by atoms with Crippen LogP contribution in [0, 0.1) is 5.92 Å². The van der Waals surface area contributed by atoms with Crippen molar-refractivity contribution < 1.29 is 9.90 Å². The maximum absolute atomic E-state index is 11.0. The van der Waals surface area contributed by atoms with Crippen LogP contribution in [0.1, 0.15) is 18.5 Å². The number of nitrogens with zero attached hydrogens (tertiary/aromatic N) is 2. The third-order valence-electron chi connectivity index (χ3n) is 3.97. The summed E-state index contributed by atoms with van der Waals surface area (Å²) in [5.74, 6) is -0.852. The first-order valence-corrected chi connectivity index (χ1v) is 8.53. The van der Waals surface area contributed by atoms with Crippen molar-refractivity contribution >= 4 is 28.9 Å². The SMILES string of the molecule is O=C(O)C1CCN(Cc2csc(-c3ccc(Cl)cc3)n2)CC1. The molecule has 0 amide bonds. The van der Waals surface area contributed by atoms with Gasteiger partial charge < -0.3 is 5.11 Å². The van der Waals surface area contributed by atoms with Gasteiger partial charge in [-0.25, -0.2) is 4.98 Å². The lowest BCUT2D eigenvalue weighted by atomic mass is 9.97. The molecule has 0 bridgehead atoms. The minimum Gasteiger partial charge on any atom is -0.481 e. The molecule has 0 aliphatic carbocycles. The molecule has 0 unspecified atom stereocenters. The molecule has 1 saturated heterocycles. The molecule has 0 saturated carbocycles. The van der Waals surface area contributed by atoms with E-state index in [1.165, 1.54) is 0 Å². The van der Waals surface area contributed by atoms with Crippen LogP contribution in [0.5, 0.6) is 0 Å². The van der Waals surface area contributed by atoms with Gasteiger partial charge in [-0.3, -0.25) is 9.69 Å². The number of rotatable bonds is 4. The molecule has 2 heterocycles. The van der Waals surface area contributed by atoms with E-state index in [4.69, 9.17) is 16.7 Å². The standard InChI is InChI=1S/C16H17ClN2O2S/c17-13-3-1-11(2-4-13)15-18-14(10-22-15)9-19-7-5-12(6-8-19)16(20)21/h1-4,10,12H,5-9H2,(H,20,21). The Kier molecular flexibility index (Phi) is 4.76. The van der Waals surface area contributed by atoms with Gasteiger partial charge in [-0.1, -0.05) is 23.7 Å². The van der Waals surface area contributed by atoms with E-state index in [1.807, 2.05) is 24.3 Å². The number of piperidine rings is 1. The topological polar surface area (TPSA) is 53.4 Å². The van der Waals surface area contributed by atoms with Gasteiger partial charge in [-0.2, -0.15) is 0 Å². The first kappa shape index (κ1) is 15.5. The number of carboxylic acid groups (broad SMARTS) is 1. The molecular weight excluding hydrogens is 320 g/mol. The third-order valence-corrected chi connectivity index (χ3v) is 5.16. The molecule has 0 atom stereocenters. The van der Waals surface area contributed by atoms with Gasteiger partial charge in [0.1, 0.15) is 5.01 Å². The lowest BCUT2D eigenvalue weighted by Gasteiger charge is -2.29. The molecule has 116 valence electrons. The number of likely N-dealkylation sites (tertiary alicyclic amines) is 1. The Hall–Kier alpha value is -1.43. The lowest BCUT2D eigenvalue weighted by molar-refractivity contribution is -0.143. The predicted octanol–water partition coefficient (Wildman–Crippen LogP) is 3.76. The molecule has 0 radical (unpaired) electrons. The number of carbonyl (C=O) groups is 1. The van der Waals surface area contributed by atoms with Crippen molar-refractivity contribution in [2.45, 2.75) is 19.4 Å². The number of aromatic nitrogens is 1. The molecule has 1 fully saturated rings. The van der Waals surface area contributed by atoms with Crippen molar-refractivity contribution in [1.82, 2.24) is 9.88 Å². The van der Waals surface area contributed by atoms with Crippen molar-refractivity contribution in [3.05, 3.63) is 40.4 Å². The van der Waals surface area contributed by atoms with E-state index in [0.29, 0.717) is 0 Å². The predicted molar refractivity (Wildman–Crippen MR) is 88.2 cm³/mol. The second-order valence-corrected chi connectivity index (χ2v) is 6.83. The van der Waals surface area contributed by atoms with Crippen LogP contribution in [0.25, 0.3) is 10.6 Å². The van der Waals surface area contributed by atoms with Gasteiger partial charge in [0.15, 0.2) is 0 Å². The minimum absolute atomic E-state index is 0.184. The zero-order valence-electron chi connectivity index (χ0n) is 12.0. The molecule has 1 aromatic carbocycles. The highest BCUT2D eigenvalue weighted by atomic mass is 35.5. The van der Waals surface area contributed by atoms with Crippen molar-refractivity contribution in [3.8, 4) is 10.6 Å². The number of halogens is 1. The maximum Gasteiger partial charge on any atom is 0.306 e. The molecule has 22 heavy (non-hydrogen) atoms. The second-order valence-electron chi connectivity index (χ2n) is 5.54. The quantitative estimate of drug-likeness (QED) is 0.923. The lowest BCUT2D eigenvalue weighted by Crippen LogP contribution is -2.35. The highest BCUT2D eigenvalue weighted by Crippen LogP contribution is 2.26. The summed E-state index contributed by atoms with van der Waals surface area (Å²) in [4.78, 5) is 17.9. The van der Waals surface area contributed by atoms with Crippen LogP contribution in [0.15, 0.2) is 29.6 Å². The third kappa shape index (κ3) is 3.66. The Labute approximate surface area is 138 Å². The molecule has 1 aliphatic rings. The van der Waals surface area contributed by atoms with Gasteiger partial charge in [-0.15, -0.1) is 11.3 Å². The summed E-state index contributed by atoms with van der Waals surface area (Å²) in [6.45, 7) is 2.44.